The lowest BCUT2D eigenvalue weighted by molar-refractivity contribution is -0.136. The van der Waals surface area contributed by atoms with E-state index in [1.54, 1.807) is 7.11 Å². The zero-order valence-electron chi connectivity index (χ0n) is 14.2. The lowest BCUT2D eigenvalue weighted by atomic mass is 9.96. The van der Waals surface area contributed by atoms with Crippen molar-refractivity contribution in [2.45, 2.75) is 38.1 Å². The van der Waals surface area contributed by atoms with Crippen LogP contribution >= 0.6 is 0 Å². The van der Waals surface area contributed by atoms with Crippen molar-refractivity contribution in [1.29, 1.82) is 0 Å². The van der Waals surface area contributed by atoms with Gasteiger partial charge in [-0.1, -0.05) is 12.1 Å². The second-order valence-electron chi connectivity index (χ2n) is 6.62. The van der Waals surface area contributed by atoms with Gasteiger partial charge in [-0.2, -0.15) is 0 Å². The van der Waals surface area contributed by atoms with Gasteiger partial charge in [-0.15, -0.1) is 0 Å². The van der Waals surface area contributed by atoms with E-state index in [0.29, 0.717) is 26.2 Å². The summed E-state index contributed by atoms with van der Waals surface area (Å²) in [5.74, 6) is 0.704. The molecule has 1 aromatic rings. The number of nitrogens with one attached hydrogen (secondary N) is 1. The molecule has 0 aromatic heterocycles. The van der Waals surface area contributed by atoms with Crippen molar-refractivity contribution in [3.8, 4) is 5.75 Å². The third-order valence-electron chi connectivity index (χ3n) is 4.67. The quantitative estimate of drug-likeness (QED) is 0.828. The molecule has 2 N–H and O–H groups in total. The summed E-state index contributed by atoms with van der Waals surface area (Å²) in [6.07, 6.45) is 0.445. The van der Waals surface area contributed by atoms with E-state index in [1.165, 1.54) is 0 Å². The Bertz CT molecular complexity index is 591. The number of fused-ring (bicyclic) bond motifs is 1. The second kappa shape index (κ2) is 7.51. The first-order chi connectivity index (χ1) is 11.6. The molecule has 4 atom stereocenters. The predicted molar refractivity (Wildman–Crippen MR) is 88.1 cm³/mol. The van der Waals surface area contributed by atoms with E-state index in [9.17, 15) is 9.90 Å². The second-order valence-corrected chi connectivity index (χ2v) is 6.62. The largest absolute Gasteiger partial charge is 0.490 e. The fourth-order valence-electron chi connectivity index (χ4n) is 3.30. The van der Waals surface area contributed by atoms with Crippen LogP contribution in [0.5, 0.6) is 5.75 Å². The molecule has 0 saturated carbocycles. The molecule has 6 nitrogen and oxygen atoms in total. The van der Waals surface area contributed by atoms with E-state index in [1.807, 2.05) is 25.1 Å². The van der Waals surface area contributed by atoms with Gasteiger partial charge >= 0.3 is 0 Å². The van der Waals surface area contributed by atoms with Gasteiger partial charge in [0.15, 0.2) is 0 Å². The van der Waals surface area contributed by atoms with Crippen LogP contribution in [0.1, 0.15) is 18.1 Å². The number of amides is 1. The van der Waals surface area contributed by atoms with Gasteiger partial charge in [-0.25, -0.2) is 0 Å². The Morgan fingerprint density at radius 1 is 1.42 bits per heavy atom. The molecule has 24 heavy (non-hydrogen) atoms. The molecule has 0 radical (unpaired) electrons. The molecule has 1 fully saturated rings. The first-order valence-corrected chi connectivity index (χ1v) is 8.40. The van der Waals surface area contributed by atoms with Gasteiger partial charge in [-0.05, 0) is 24.1 Å². The third kappa shape index (κ3) is 3.88. The summed E-state index contributed by atoms with van der Waals surface area (Å²) >= 11 is 0. The van der Waals surface area contributed by atoms with Crippen LogP contribution in [0.3, 0.4) is 0 Å². The third-order valence-corrected chi connectivity index (χ3v) is 4.67. The smallest absolute Gasteiger partial charge is 0.224 e. The van der Waals surface area contributed by atoms with Crippen LogP contribution < -0.4 is 10.1 Å². The first kappa shape index (κ1) is 17.2. The van der Waals surface area contributed by atoms with Crippen LogP contribution in [0.4, 0.5) is 0 Å². The molecule has 1 saturated heterocycles. The van der Waals surface area contributed by atoms with Gasteiger partial charge in [0.05, 0.1) is 25.7 Å². The number of aliphatic hydroxyl groups excluding tert-OH is 1. The van der Waals surface area contributed by atoms with Crippen molar-refractivity contribution in [3.63, 3.8) is 0 Å². The first-order valence-electron chi connectivity index (χ1n) is 8.40. The van der Waals surface area contributed by atoms with Crippen LogP contribution in [0.2, 0.25) is 0 Å². The highest BCUT2D eigenvalue weighted by molar-refractivity contribution is 5.78. The number of hydrogen-bond acceptors (Lipinski definition) is 5. The molecule has 2 aliphatic rings. The van der Waals surface area contributed by atoms with E-state index in [0.717, 1.165) is 23.3 Å². The van der Waals surface area contributed by atoms with Gasteiger partial charge in [0.25, 0.3) is 0 Å². The molecule has 2 aliphatic heterocycles. The van der Waals surface area contributed by atoms with Crippen LogP contribution in [0.15, 0.2) is 18.2 Å². The summed E-state index contributed by atoms with van der Waals surface area (Å²) < 4.78 is 16.3. The minimum Gasteiger partial charge on any atom is -0.490 e. The Kier molecular flexibility index (Phi) is 5.38. The number of hydrogen-bond donors (Lipinski definition) is 2. The van der Waals surface area contributed by atoms with Gasteiger partial charge in [0, 0.05) is 26.0 Å². The van der Waals surface area contributed by atoms with Gasteiger partial charge in [-0.3, -0.25) is 4.79 Å². The number of carbonyl (C=O) groups excluding carboxylic acids is 1. The van der Waals surface area contributed by atoms with Crippen molar-refractivity contribution in [2.24, 2.45) is 5.92 Å². The Labute approximate surface area is 142 Å². The van der Waals surface area contributed by atoms with E-state index in [4.69, 9.17) is 14.2 Å². The summed E-state index contributed by atoms with van der Waals surface area (Å²) in [4.78, 5) is 12.2. The summed E-state index contributed by atoms with van der Waals surface area (Å²) in [5, 5.41) is 13.1. The molecule has 6 heteroatoms. The maximum absolute atomic E-state index is 12.2. The highest BCUT2D eigenvalue weighted by atomic mass is 16.5. The fraction of sp³-hybridized carbons (Fsp3) is 0.611. The zero-order valence-corrected chi connectivity index (χ0v) is 14.2. The molecule has 1 amide bonds. The van der Waals surface area contributed by atoms with Crippen LogP contribution in [0, 0.1) is 5.92 Å². The molecular weight excluding hydrogens is 310 g/mol. The SMILES string of the molecule is CO[C@@H]1COC[C@@H](CNC(=O)Cc2ccc3c(c2)C[C@H](C)O3)[C@@H]1O. The molecule has 0 bridgehead atoms. The average Bonchev–Trinajstić information content (AvgIpc) is 2.93. The summed E-state index contributed by atoms with van der Waals surface area (Å²) in [6, 6.07) is 5.90. The molecule has 132 valence electrons. The standard InChI is InChI=1S/C18H25NO5/c1-11-5-13-6-12(3-4-15(13)24-11)7-17(20)19-8-14-9-23-10-16(22-2)18(14)21/h3-4,6,11,14,16,18,21H,5,7-10H2,1-2H3,(H,19,20)/t11-,14+,16+,18-/m0/s1. The molecule has 3 rings (SSSR count). The zero-order chi connectivity index (χ0) is 17.1. The highest BCUT2D eigenvalue weighted by Gasteiger charge is 2.32. The van der Waals surface area contributed by atoms with E-state index >= 15 is 0 Å². The monoisotopic (exact) mass is 335 g/mol. The van der Waals surface area contributed by atoms with E-state index in [-0.39, 0.29) is 24.0 Å². The van der Waals surface area contributed by atoms with Crippen LogP contribution in [-0.4, -0.2) is 56.2 Å². The topological polar surface area (TPSA) is 77.0 Å². The highest BCUT2D eigenvalue weighted by Crippen LogP contribution is 2.29. The molecule has 0 spiro atoms. The number of carbonyl (C=O) groups is 1. The van der Waals surface area contributed by atoms with Gasteiger partial charge in [0.1, 0.15) is 18.0 Å². The Morgan fingerprint density at radius 2 is 2.25 bits per heavy atom. The summed E-state index contributed by atoms with van der Waals surface area (Å²) in [6.45, 7) is 3.23. The molecule has 1 aromatic carbocycles. The fourth-order valence-corrected chi connectivity index (χ4v) is 3.30. The predicted octanol–water partition coefficient (Wildman–Crippen LogP) is 0.691. The van der Waals surface area contributed by atoms with Crippen LogP contribution in [-0.2, 0) is 27.1 Å². The maximum Gasteiger partial charge on any atom is 0.224 e. The average molecular weight is 335 g/mol. The van der Waals surface area contributed by atoms with Crippen molar-refractivity contribution in [3.05, 3.63) is 29.3 Å². The van der Waals surface area contributed by atoms with Crippen molar-refractivity contribution >= 4 is 5.91 Å². The summed E-state index contributed by atoms with van der Waals surface area (Å²) in [5.41, 5.74) is 2.13. The lowest BCUT2D eigenvalue weighted by Crippen LogP contribution is -2.49. The minimum atomic E-state index is -0.623. The van der Waals surface area contributed by atoms with E-state index in [2.05, 4.69) is 5.32 Å². The Hall–Kier alpha value is -1.63. The van der Waals surface area contributed by atoms with E-state index < -0.39 is 6.10 Å². The van der Waals surface area contributed by atoms with Crippen molar-refractivity contribution < 1.29 is 24.1 Å². The Balaban J connectivity index is 1.50. The van der Waals surface area contributed by atoms with Crippen molar-refractivity contribution in [1.82, 2.24) is 5.32 Å². The lowest BCUT2D eigenvalue weighted by Gasteiger charge is -2.33. The number of methoxy groups -OCH3 is 1. The molecule has 0 aliphatic carbocycles. The minimum absolute atomic E-state index is 0.0614. The number of rotatable bonds is 5. The maximum atomic E-state index is 12.2. The number of aliphatic hydroxyl groups is 1. The Morgan fingerprint density at radius 3 is 3.04 bits per heavy atom. The number of benzene rings is 1. The van der Waals surface area contributed by atoms with Gasteiger partial charge in [0.2, 0.25) is 5.91 Å². The van der Waals surface area contributed by atoms with Crippen LogP contribution in [0.25, 0.3) is 0 Å². The van der Waals surface area contributed by atoms with Crippen molar-refractivity contribution in [2.75, 3.05) is 26.9 Å². The molecule has 0 unspecified atom stereocenters. The van der Waals surface area contributed by atoms with Gasteiger partial charge < -0.3 is 24.6 Å². The molecular formula is C18H25NO5. The summed E-state index contributed by atoms with van der Waals surface area (Å²) in [7, 11) is 1.55. The molecule has 2 heterocycles. The normalized spacial score (nSPS) is 29.0. The number of ether oxygens (including phenoxy) is 3.